The molecule has 0 aliphatic heterocycles. The van der Waals surface area contributed by atoms with Crippen molar-refractivity contribution in [1.82, 2.24) is 0 Å². The van der Waals surface area contributed by atoms with Crippen LogP contribution < -0.4 is 5.73 Å². The summed E-state index contributed by atoms with van der Waals surface area (Å²) < 4.78 is 0. The van der Waals surface area contributed by atoms with Crippen molar-refractivity contribution in [3.05, 3.63) is 23.3 Å². The van der Waals surface area contributed by atoms with Crippen LogP contribution in [0.1, 0.15) is 68.9 Å². The number of aromatic hydroxyl groups is 2. The zero-order valence-electron chi connectivity index (χ0n) is 13.1. The van der Waals surface area contributed by atoms with Gasteiger partial charge >= 0.3 is 0 Å². The van der Waals surface area contributed by atoms with Crippen molar-refractivity contribution >= 4 is 5.91 Å². The molecule has 0 bridgehead atoms. The Kier molecular flexibility index (Phi) is 7.06. The van der Waals surface area contributed by atoms with E-state index in [4.69, 9.17) is 5.73 Å². The highest BCUT2D eigenvalue weighted by atomic mass is 16.3. The fourth-order valence-electron chi connectivity index (χ4n) is 2.56. The molecule has 118 valence electrons. The summed E-state index contributed by atoms with van der Waals surface area (Å²) in [7, 11) is 0. The first-order valence-electron chi connectivity index (χ1n) is 7.79. The summed E-state index contributed by atoms with van der Waals surface area (Å²) in [5.74, 6) is -0.887. The summed E-state index contributed by atoms with van der Waals surface area (Å²) in [5.41, 5.74) is 6.47. The van der Waals surface area contributed by atoms with Crippen LogP contribution in [-0.2, 0) is 4.79 Å². The fourth-order valence-corrected chi connectivity index (χ4v) is 2.56. The van der Waals surface area contributed by atoms with Crippen molar-refractivity contribution in [2.75, 3.05) is 0 Å². The van der Waals surface area contributed by atoms with E-state index in [-0.39, 0.29) is 11.5 Å². The van der Waals surface area contributed by atoms with Crippen molar-refractivity contribution in [2.45, 2.75) is 64.7 Å². The third-order valence-electron chi connectivity index (χ3n) is 3.91. The van der Waals surface area contributed by atoms with E-state index >= 15 is 0 Å². The standard InChI is InChI=1S/C17H27NO3/c1-3-4-5-6-7-8-9-13(17(18)21)14-11-15(19)12(2)10-16(14)20/h10-11,13,19-20H,3-9H2,1-2H3,(H2,18,21). The van der Waals surface area contributed by atoms with Crippen LogP contribution in [-0.4, -0.2) is 16.1 Å². The number of carbonyl (C=O) groups excluding carboxylic acids is 1. The highest BCUT2D eigenvalue weighted by molar-refractivity contribution is 5.83. The molecule has 1 atom stereocenters. The lowest BCUT2D eigenvalue weighted by molar-refractivity contribution is -0.119. The second-order valence-electron chi connectivity index (χ2n) is 5.71. The maximum absolute atomic E-state index is 11.6. The molecule has 1 rings (SSSR count). The average Bonchev–Trinajstić information content (AvgIpc) is 2.42. The summed E-state index contributed by atoms with van der Waals surface area (Å²) in [4.78, 5) is 11.6. The van der Waals surface area contributed by atoms with Gasteiger partial charge < -0.3 is 15.9 Å². The highest BCUT2D eigenvalue weighted by Gasteiger charge is 2.22. The topological polar surface area (TPSA) is 83.6 Å². The molecule has 0 heterocycles. The van der Waals surface area contributed by atoms with Crippen LogP contribution in [0.25, 0.3) is 0 Å². The molecule has 0 fully saturated rings. The number of unbranched alkanes of at least 4 members (excludes halogenated alkanes) is 5. The maximum atomic E-state index is 11.6. The van der Waals surface area contributed by atoms with Gasteiger partial charge in [0.15, 0.2) is 0 Å². The predicted octanol–water partition coefficient (Wildman–Crippen LogP) is 3.73. The molecule has 4 N–H and O–H groups in total. The quantitative estimate of drug-likeness (QED) is 0.479. The minimum atomic E-state index is -0.539. The van der Waals surface area contributed by atoms with E-state index in [1.54, 1.807) is 6.92 Å². The lowest BCUT2D eigenvalue weighted by atomic mass is 9.90. The van der Waals surface area contributed by atoms with Crippen LogP contribution in [0, 0.1) is 6.92 Å². The molecule has 1 aromatic carbocycles. The van der Waals surface area contributed by atoms with Gasteiger partial charge in [0.2, 0.25) is 5.91 Å². The molecule has 0 spiro atoms. The average molecular weight is 293 g/mol. The van der Waals surface area contributed by atoms with Gasteiger partial charge in [-0.15, -0.1) is 0 Å². The second-order valence-corrected chi connectivity index (χ2v) is 5.71. The first-order chi connectivity index (χ1) is 9.97. The summed E-state index contributed by atoms with van der Waals surface area (Å²) in [6.45, 7) is 3.88. The summed E-state index contributed by atoms with van der Waals surface area (Å²) in [6.07, 6.45) is 7.39. The van der Waals surface area contributed by atoms with Crippen molar-refractivity contribution in [3.63, 3.8) is 0 Å². The number of carbonyl (C=O) groups is 1. The molecule has 4 heteroatoms. The van der Waals surface area contributed by atoms with Crippen LogP contribution in [0.15, 0.2) is 12.1 Å². The van der Waals surface area contributed by atoms with Crippen molar-refractivity contribution < 1.29 is 15.0 Å². The number of primary amides is 1. The van der Waals surface area contributed by atoms with Gasteiger partial charge in [-0.2, -0.15) is 0 Å². The van der Waals surface area contributed by atoms with Gasteiger partial charge in [0.25, 0.3) is 0 Å². The Hall–Kier alpha value is -1.71. The number of rotatable bonds is 9. The number of benzene rings is 1. The molecule has 0 aromatic heterocycles. The molecule has 1 aromatic rings. The Bertz CT molecular complexity index is 471. The molecular formula is C17H27NO3. The fraction of sp³-hybridized carbons (Fsp3) is 0.588. The number of nitrogens with two attached hydrogens (primary N) is 1. The number of amides is 1. The van der Waals surface area contributed by atoms with E-state index in [1.165, 1.54) is 31.4 Å². The second kappa shape index (κ2) is 8.55. The lowest BCUT2D eigenvalue weighted by Crippen LogP contribution is -2.21. The largest absolute Gasteiger partial charge is 0.508 e. The Labute approximate surface area is 127 Å². The van der Waals surface area contributed by atoms with Gasteiger partial charge in [0, 0.05) is 5.56 Å². The number of aryl methyl sites for hydroxylation is 1. The van der Waals surface area contributed by atoms with Crippen molar-refractivity contribution in [2.24, 2.45) is 5.73 Å². The Morgan fingerprint density at radius 1 is 1.10 bits per heavy atom. The molecule has 0 saturated heterocycles. The minimum Gasteiger partial charge on any atom is -0.508 e. The smallest absolute Gasteiger partial charge is 0.225 e. The molecule has 0 radical (unpaired) electrons. The van der Waals surface area contributed by atoms with Crippen LogP contribution in [0.4, 0.5) is 0 Å². The summed E-state index contributed by atoms with van der Waals surface area (Å²) in [5, 5.41) is 19.7. The first kappa shape index (κ1) is 17.3. The van der Waals surface area contributed by atoms with Gasteiger partial charge in [-0.3, -0.25) is 4.79 Å². The van der Waals surface area contributed by atoms with Crippen molar-refractivity contribution in [3.8, 4) is 11.5 Å². The minimum absolute atomic E-state index is 0.0279. The Morgan fingerprint density at radius 3 is 2.33 bits per heavy atom. The molecular weight excluding hydrogens is 266 g/mol. The van der Waals surface area contributed by atoms with Gasteiger partial charge in [-0.25, -0.2) is 0 Å². The molecule has 0 aliphatic rings. The number of hydrogen-bond acceptors (Lipinski definition) is 3. The zero-order chi connectivity index (χ0) is 15.8. The van der Waals surface area contributed by atoms with E-state index in [1.807, 2.05) is 0 Å². The van der Waals surface area contributed by atoms with Gasteiger partial charge in [0.05, 0.1) is 5.92 Å². The van der Waals surface area contributed by atoms with Crippen LogP contribution in [0.2, 0.25) is 0 Å². The van der Waals surface area contributed by atoms with E-state index < -0.39 is 11.8 Å². The molecule has 0 aliphatic carbocycles. The lowest BCUT2D eigenvalue weighted by Gasteiger charge is -2.16. The maximum Gasteiger partial charge on any atom is 0.225 e. The van der Waals surface area contributed by atoms with Crippen LogP contribution in [0.5, 0.6) is 11.5 Å². The molecule has 0 saturated carbocycles. The SMILES string of the molecule is CCCCCCCCC(C(N)=O)c1cc(O)c(C)cc1O. The van der Waals surface area contributed by atoms with Crippen LogP contribution in [0.3, 0.4) is 0 Å². The monoisotopic (exact) mass is 293 g/mol. The van der Waals surface area contributed by atoms with Crippen molar-refractivity contribution in [1.29, 1.82) is 0 Å². The van der Waals surface area contributed by atoms with Gasteiger partial charge in [0.1, 0.15) is 11.5 Å². The van der Waals surface area contributed by atoms with E-state index in [0.29, 0.717) is 17.5 Å². The van der Waals surface area contributed by atoms with E-state index in [9.17, 15) is 15.0 Å². The molecule has 21 heavy (non-hydrogen) atoms. The van der Waals surface area contributed by atoms with E-state index in [2.05, 4.69) is 6.92 Å². The number of phenols is 2. The summed E-state index contributed by atoms with van der Waals surface area (Å²) >= 11 is 0. The third kappa shape index (κ3) is 5.29. The Balaban J connectivity index is 2.66. The zero-order valence-corrected chi connectivity index (χ0v) is 13.1. The molecule has 4 nitrogen and oxygen atoms in total. The van der Waals surface area contributed by atoms with Gasteiger partial charge in [-0.05, 0) is 31.0 Å². The molecule has 1 unspecified atom stereocenters. The van der Waals surface area contributed by atoms with E-state index in [0.717, 1.165) is 19.3 Å². The number of phenolic OH excluding ortho intramolecular Hbond substituents is 2. The third-order valence-corrected chi connectivity index (χ3v) is 3.91. The number of hydrogen-bond donors (Lipinski definition) is 3. The Morgan fingerprint density at radius 2 is 1.71 bits per heavy atom. The normalized spacial score (nSPS) is 12.3. The molecule has 1 amide bonds. The first-order valence-corrected chi connectivity index (χ1v) is 7.79. The predicted molar refractivity (Wildman–Crippen MR) is 84.4 cm³/mol. The van der Waals surface area contributed by atoms with Crippen LogP contribution >= 0.6 is 0 Å². The summed E-state index contributed by atoms with van der Waals surface area (Å²) in [6, 6.07) is 2.93. The highest BCUT2D eigenvalue weighted by Crippen LogP contribution is 2.34. The van der Waals surface area contributed by atoms with Gasteiger partial charge in [-0.1, -0.05) is 45.4 Å².